The lowest BCUT2D eigenvalue weighted by molar-refractivity contribution is 0.402. The Kier molecular flexibility index (Phi) is 3.46. The fraction of sp³-hybridized carbons (Fsp3) is 0.538. The van der Waals surface area contributed by atoms with Crippen molar-refractivity contribution in [2.24, 2.45) is 5.73 Å². The highest BCUT2D eigenvalue weighted by molar-refractivity contribution is 5.55. The summed E-state index contributed by atoms with van der Waals surface area (Å²) in [6.07, 6.45) is 2.65. The van der Waals surface area contributed by atoms with Crippen LogP contribution in [0.15, 0.2) is 18.2 Å². The van der Waals surface area contributed by atoms with E-state index in [1.807, 2.05) is 0 Å². The largest absolute Gasteiger partial charge is 0.372 e. The van der Waals surface area contributed by atoms with E-state index in [4.69, 9.17) is 5.73 Å². The zero-order valence-corrected chi connectivity index (χ0v) is 10.2. The number of nitrogens with zero attached hydrogens (tertiary/aromatic N) is 1. The fourth-order valence-electron chi connectivity index (χ4n) is 2.08. The molecular weight excluding hydrogens is 198 g/mol. The van der Waals surface area contributed by atoms with Crippen LogP contribution in [0.5, 0.6) is 0 Å². The third kappa shape index (κ3) is 2.74. The van der Waals surface area contributed by atoms with Gasteiger partial charge in [0.15, 0.2) is 0 Å². The van der Waals surface area contributed by atoms with E-state index in [-0.39, 0.29) is 0 Å². The predicted molar refractivity (Wildman–Crippen MR) is 68.5 cm³/mol. The van der Waals surface area contributed by atoms with Gasteiger partial charge in [-0.1, -0.05) is 12.1 Å². The van der Waals surface area contributed by atoms with Gasteiger partial charge in [0.05, 0.1) is 6.67 Å². The second-order valence-corrected chi connectivity index (χ2v) is 4.81. The van der Waals surface area contributed by atoms with Gasteiger partial charge in [0, 0.05) is 12.2 Å². The van der Waals surface area contributed by atoms with E-state index in [0.717, 1.165) is 12.5 Å². The molecule has 0 bridgehead atoms. The van der Waals surface area contributed by atoms with Crippen LogP contribution in [-0.2, 0) is 6.54 Å². The third-order valence-electron chi connectivity index (χ3n) is 2.92. The van der Waals surface area contributed by atoms with E-state index in [1.54, 1.807) is 0 Å². The molecule has 16 heavy (non-hydrogen) atoms. The van der Waals surface area contributed by atoms with Gasteiger partial charge in [0.25, 0.3) is 0 Å². The van der Waals surface area contributed by atoms with E-state index in [1.165, 1.54) is 29.7 Å². The molecule has 0 spiro atoms. The van der Waals surface area contributed by atoms with Gasteiger partial charge in [-0.15, -0.1) is 0 Å². The molecule has 3 nitrogen and oxygen atoms in total. The summed E-state index contributed by atoms with van der Waals surface area (Å²) in [7, 11) is 4.20. The Morgan fingerprint density at radius 2 is 2.12 bits per heavy atom. The van der Waals surface area contributed by atoms with Gasteiger partial charge in [-0.25, -0.2) is 0 Å². The summed E-state index contributed by atoms with van der Waals surface area (Å²) in [5.41, 5.74) is 9.60. The number of rotatable bonds is 5. The van der Waals surface area contributed by atoms with Crippen molar-refractivity contribution in [3.63, 3.8) is 0 Å². The Morgan fingerprint density at radius 3 is 2.69 bits per heavy atom. The lowest BCUT2D eigenvalue weighted by Gasteiger charge is -2.14. The van der Waals surface area contributed by atoms with Crippen molar-refractivity contribution in [3.05, 3.63) is 29.3 Å². The van der Waals surface area contributed by atoms with Crippen LogP contribution in [-0.4, -0.2) is 25.7 Å². The van der Waals surface area contributed by atoms with Gasteiger partial charge in [0.1, 0.15) is 0 Å². The number of nitrogens with one attached hydrogen (secondary N) is 1. The van der Waals surface area contributed by atoms with Gasteiger partial charge in [-0.05, 0) is 50.0 Å². The van der Waals surface area contributed by atoms with Crippen LogP contribution in [0.25, 0.3) is 0 Å². The highest BCUT2D eigenvalue weighted by Gasteiger charge is 2.26. The van der Waals surface area contributed by atoms with Gasteiger partial charge in [0.2, 0.25) is 0 Å². The van der Waals surface area contributed by atoms with E-state index in [9.17, 15) is 0 Å². The zero-order valence-electron chi connectivity index (χ0n) is 10.2. The minimum atomic E-state index is 0.507. The zero-order chi connectivity index (χ0) is 11.5. The third-order valence-corrected chi connectivity index (χ3v) is 2.92. The molecule has 1 fully saturated rings. The number of nitrogens with two attached hydrogens (primary N) is 1. The number of anilines is 1. The molecule has 0 aliphatic heterocycles. The van der Waals surface area contributed by atoms with Crippen molar-refractivity contribution in [2.45, 2.75) is 25.3 Å². The van der Waals surface area contributed by atoms with Crippen LogP contribution in [0.1, 0.15) is 29.9 Å². The first-order valence-corrected chi connectivity index (χ1v) is 5.92. The lowest BCUT2D eigenvalue weighted by Crippen LogP contribution is -2.13. The van der Waals surface area contributed by atoms with Gasteiger partial charge in [-0.3, -0.25) is 0 Å². The maximum atomic E-state index is 5.55. The molecule has 1 aliphatic rings. The van der Waals surface area contributed by atoms with Crippen LogP contribution in [0.4, 0.5) is 5.69 Å². The molecule has 88 valence electrons. The second kappa shape index (κ2) is 4.85. The highest BCUT2D eigenvalue weighted by Crippen LogP contribution is 2.43. The van der Waals surface area contributed by atoms with Gasteiger partial charge >= 0.3 is 0 Å². The molecule has 1 aliphatic carbocycles. The van der Waals surface area contributed by atoms with Gasteiger partial charge < -0.3 is 16.0 Å². The maximum absolute atomic E-state index is 5.55. The molecule has 3 heteroatoms. The summed E-state index contributed by atoms with van der Waals surface area (Å²) < 4.78 is 0. The molecule has 2 rings (SSSR count). The predicted octanol–water partition coefficient (Wildman–Crippen LogP) is 1.95. The summed E-state index contributed by atoms with van der Waals surface area (Å²) in [5, 5.41) is 3.24. The first kappa shape index (κ1) is 11.4. The molecule has 0 atom stereocenters. The fourth-order valence-corrected chi connectivity index (χ4v) is 2.08. The molecule has 0 radical (unpaired) electrons. The van der Waals surface area contributed by atoms with Crippen LogP contribution < -0.4 is 11.1 Å². The van der Waals surface area contributed by atoms with Gasteiger partial charge in [-0.2, -0.15) is 0 Å². The molecule has 0 unspecified atom stereocenters. The molecule has 0 aromatic heterocycles. The van der Waals surface area contributed by atoms with Crippen molar-refractivity contribution < 1.29 is 0 Å². The monoisotopic (exact) mass is 219 g/mol. The van der Waals surface area contributed by atoms with Crippen molar-refractivity contribution in [1.82, 2.24) is 4.90 Å². The molecule has 1 aromatic carbocycles. The number of benzene rings is 1. The summed E-state index contributed by atoms with van der Waals surface area (Å²) in [6.45, 7) is 1.51. The molecule has 3 N–H and O–H groups in total. The van der Waals surface area contributed by atoms with Crippen LogP contribution in [0.2, 0.25) is 0 Å². The Bertz CT molecular complexity index is 356. The Morgan fingerprint density at radius 1 is 1.38 bits per heavy atom. The number of hydrogen-bond donors (Lipinski definition) is 2. The van der Waals surface area contributed by atoms with E-state index < -0.39 is 0 Å². The quantitative estimate of drug-likeness (QED) is 0.744. The summed E-state index contributed by atoms with van der Waals surface area (Å²) in [4.78, 5) is 2.20. The first-order valence-electron chi connectivity index (χ1n) is 5.92. The minimum Gasteiger partial charge on any atom is -0.372 e. The Hall–Kier alpha value is -1.06. The van der Waals surface area contributed by atoms with Crippen molar-refractivity contribution in [1.29, 1.82) is 0 Å². The molecular formula is C13H21N3. The Labute approximate surface area is 97.6 Å². The second-order valence-electron chi connectivity index (χ2n) is 4.81. The highest BCUT2D eigenvalue weighted by atomic mass is 15.0. The molecule has 0 saturated heterocycles. The SMILES string of the molecule is CN(C)Cc1ccc(NCN)c(C2CC2)c1. The lowest BCUT2D eigenvalue weighted by atomic mass is 10.0. The molecule has 1 saturated carbocycles. The summed E-state index contributed by atoms with van der Waals surface area (Å²) in [6, 6.07) is 6.68. The number of hydrogen-bond acceptors (Lipinski definition) is 3. The van der Waals surface area contributed by atoms with E-state index in [0.29, 0.717) is 6.67 Å². The van der Waals surface area contributed by atoms with E-state index in [2.05, 4.69) is 42.5 Å². The average Bonchev–Trinajstić information content (AvgIpc) is 3.03. The molecule has 0 amide bonds. The maximum Gasteiger partial charge on any atom is 0.0628 e. The standard InChI is InChI=1S/C13H21N3/c1-16(2)8-10-3-6-13(15-9-14)12(7-10)11-4-5-11/h3,6-7,11,15H,4-5,8-9,14H2,1-2H3. The smallest absolute Gasteiger partial charge is 0.0628 e. The van der Waals surface area contributed by atoms with Crippen molar-refractivity contribution in [3.8, 4) is 0 Å². The molecule has 0 heterocycles. The average molecular weight is 219 g/mol. The summed E-state index contributed by atoms with van der Waals surface area (Å²) >= 11 is 0. The van der Waals surface area contributed by atoms with E-state index >= 15 is 0 Å². The topological polar surface area (TPSA) is 41.3 Å². The Balaban J connectivity index is 2.21. The first-order chi connectivity index (χ1) is 7.70. The normalized spacial score (nSPS) is 15.5. The summed E-state index contributed by atoms with van der Waals surface area (Å²) in [5.74, 6) is 0.760. The van der Waals surface area contributed by atoms with Crippen molar-refractivity contribution in [2.75, 3.05) is 26.1 Å². The van der Waals surface area contributed by atoms with Crippen molar-refractivity contribution >= 4 is 5.69 Å². The van der Waals surface area contributed by atoms with Crippen LogP contribution in [0.3, 0.4) is 0 Å². The van der Waals surface area contributed by atoms with Crippen LogP contribution >= 0.6 is 0 Å². The molecule has 1 aromatic rings. The van der Waals surface area contributed by atoms with Crippen LogP contribution in [0, 0.1) is 0 Å². The minimum absolute atomic E-state index is 0.507.